The second-order valence-corrected chi connectivity index (χ2v) is 3.96. The monoisotopic (exact) mass is 237 g/mol. The molecule has 94 valence electrons. The molecule has 0 aliphatic rings. The number of carbonyl (C=O) groups is 1. The Morgan fingerprint density at radius 1 is 1.65 bits per heavy atom. The molecule has 17 heavy (non-hydrogen) atoms. The van der Waals surface area contributed by atoms with E-state index in [1.807, 2.05) is 6.92 Å². The van der Waals surface area contributed by atoms with Gasteiger partial charge in [0.1, 0.15) is 5.82 Å². The van der Waals surface area contributed by atoms with Gasteiger partial charge in [0.25, 0.3) is 5.91 Å². The summed E-state index contributed by atoms with van der Waals surface area (Å²) in [4.78, 5) is 17.7. The maximum atomic E-state index is 12.1. The largest absolute Gasteiger partial charge is 0.392 e. The Kier molecular flexibility index (Phi) is 4.90. The Balaban J connectivity index is 2.87. The van der Waals surface area contributed by atoms with Crippen molar-refractivity contribution in [1.29, 1.82) is 0 Å². The van der Waals surface area contributed by atoms with Crippen molar-refractivity contribution in [2.45, 2.75) is 20.0 Å². The number of anilines is 1. The van der Waals surface area contributed by atoms with Gasteiger partial charge in [-0.2, -0.15) is 0 Å². The quantitative estimate of drug-likeness (QED) is 0.800. The number of amides is 1. The molecule has 1 aromatic rings. The van der Waals surface area contributed by atoms with Crippen LogP contribution in [-0.4, -0.2) is 47.1 Å². The van der Waals surface area contributed by atoms with E-state index < -0.39 is 6.10 Å². The van der Waals surface area contributed by atoms with Crippen LogP contribution >= 0.6 is 0 Å². The highest BCUT2D eigenvalue weighted by atomic mass is 16.3. The summed E-state index contributed by atoms with van der Waals surface area (Å²) >= 11 is 0. The van der Waals surface area contributed by atoms with Gasteiger partial charge in [0, 0.05) is 26.3 Å². The van der Waals surface area contributed by atoms with Crippen LogP contribution in [0.2, 0.25) is 0 Å². The summed E-state index contributed by atoms with van der Waals surface area (Å²) in [5.41, 5.74) is 0.525. The fraction of sp³-hybridized carbons (Fsp3) is 0.500. The van der Waals surface area contributed by atoms with E-state index in [1.54, 1.807) is 32.3 Å². The fourth-order valence-corrected chi connectivity index (χ4v) is 1.57. The highest BCUT2D eigenvalue weighted by Gasteiger charge is 2.17. The fourth-order valence-electron chi connectivity index (χ4n) is 1.57. The van der Waals surface area contributed by atoms with Crippen LogP contribution in [-0.2, 0) is 0 Å². The van der Waals surface area contributed by atoms with Crippen LogP contribution in [0.25, 0.3) is 0 Å². The van der Waals surface area contributed by atoms with E-state index in [0.29, 0.717) is 24.5 Å². The number of rotatable bonds is 5. The van der Waals surface area contributed by atoms with Gasteiger partial charge in [-0.15, -0.1) is 0 Å². The first-order valence-electron chi connectivity index (χ1n) is 5.68. The van der Waals surface area contributed by atoms with Crippen molar-refractivity contribution >= 4 is 11.7 Å². The zero-order valence-electron chi connectivity index (χ0n) is 10.5. The van der Waals surface area contributed by atoms with Crippen molar-refractivity contribution in [3.05, 3.63) is 23.9 Å². The molecule has 0 saturated heterocycles. The van der Waals surface area contributed by atoms with Gasteiger partial charge in [0.05, 0.1) is 11.7 Å². The smallest absolute Gasteiger partial charge is 0.257 e. The minimum atomic E-state index is -0.539. The van der Waals surface area contributed by atoms with Crippen LogP contribution in [0.4, 0.5) is 5.82 Å². The lowest BCUT2D eigenvalue weighted by molar-refractivity contribution is 0.0704. The molecule has 5 nitrogen and oxygen atoms in total. The maximum Gasteiger partial charge on any atom is 0.257 e. The van der Waals surface area contributed by atoms with Gasteiger partial charge in [-0.1, -0.05) is 0 Å². The summed E-state index contributed by atoms with van der Waals surface area (Å²) in [5, 5.41) is 12.3. The molecule has 0 bridgehead atoms. The van der Waals surface area contributed by atoms with Crippen LogP contribution in [0.1, 0.15) is 24.2 Å². The molecule has 1 rings (SSSR count). The number of likely N-dealkylation sites (N-methyl/N-ethyl adjacent to an activating group) is 1. The molecule has 5 heteroatoms. The van der Waals surface area contributed by atoms with E-state index >= 15 is 0 Å². The van der Waals surface area contributed by atoms with E-state index in [9.17, 15) is 9.90 Å². The third-order valence-electron chi connectivity index (χ3n) is 2.27. The van der Waals surface area contributed by atoms with Gasteiger partial charge in [-0.25, -0.2) is 4.98 Å². The van der Waals surface area contributed by atoms with Gasteiger partial charge in [-0.05, 0) is 26.0 Å². The third-order valence-corrected chi connectivity index (χ3v) is 2.27. The lowest BCUT2D eigenvalue weighted by atomic mass is 10.2. The molecule has 0 aromatic carbocycles. The van der Waals surface area contributed by atoms with Crippen molar-refractivity contribution in [2.24, 2.45) is 0 Å². The van der Waals surface area contributed by atoms with Gasteiger partial charge in [0.15, 0.2) is 0 Å². The lowest BCUT2D eigenvalue weighted by Gasteiger charge is -2.20. The van der Waals surface area contributed by atoms with Crippen molar-refractivity contribution in [2.75, 3.05) is 25.5 Å². The summed E-state index contributed by atoms with van der Waals surface area (Å²) in [6.45, 7) is 4.61. The molecule has 1 unspecified atom stereocenters. The number of aliphatic hydroxyl groups is 1. The SMILES string of the molecule is CCNc1ncccc1C(=O)N(C)CC(C)O. The number of pyridine rings is 1. The first kappa shape index (κ1) is 13.4. The Morgan fingerprint density at radius 3 is 2.94 bits per heavy atom. The Bertz CT molecular complexity index is 380. The molecule has 0 aliphatic heterocycles. The Hall–Kier alpha value is -1.62. The minimum absolute atomic E-state index is 0.144. The number of hydrogen-bond donors (Lipinski definition) is 2. The molecular weight excluding hydrogens is 218 g/mol. The van der Waals surface area contributed by atoms with Gasteiger partial charge in [0.2, 0.25) is 0 Å². The summed E-state index contributed by atoms with van der Waals surface area (Å²) in [7, 11) is 1.66. The average Bonchev–Trinajstić information content (AvgIpc) is 2.28. The van der Waals surface area contributed by atoms with Crippen molar-refractivity contribution in [1.82, 2.24) is 9.88 Å². The summed E-state index contributed by atoms with van der Waals surface area (Å²) in [5.74, 6) is 0.437. The van der Waals surface area contributed by atoms with Crippen LogP contribution in [0.15, 0.2) is 18.3 Å². The van der Waals surface area contributed by atoms with E-state index in [1.165, 1.54) is 4.90 Å². The lowest BCUT2D eigenvalue weighted by Crippen LogP contribution is -2.33. The van der Waals surface area contributed by atoms with Crippen LogP contribution < -0.4 is 5.32 Å². The molecule has 0 aliphatic carbocycles. The average molecular weight is 237 g/mol. The maximum absolute atomic E-state index is 12.1. The molecule has 1 amide bonds. The molecule has 0 radical (unpaired) electrons. The highest BCUT2D eigenvalue weighted by Crippen LogP contribution is 2.13. The first-order chi connectivity index (χ1) is 8.06. The second-order valence-electron chi connectivity index (χ2n) is 3.96. The second kappa shape index (κ2) is 6.20. The first-order valence-corrected chi connectivity index (χ1v) is 5.68. The molecule has 0 spiro atoms. The molecule has 1 aromatic heterocycles. The molecule has 1 atom stereocenters. The topological polar surface area (TPSA) is 65.5 Å². The molecule has 0 fully saturated rings. The third kappa shape index (κ3) is 3.71. The zero-order valence-corrected chi connectivity index (χ0v) is 10.5. The number of carbonyl (C=O) groups excluding carboxylic acids is 1. The number of nitrogens with zero attached hydrogens (tertiary/aromatic N) is 2. The standard InChI is InChI=1S/C12H19N3O2/c1-4-13-11-10(6-5-7-14-11)12(17)15(3)8-9(2)16/h5-7,9,16H,4,8H2,1-3H3,(H,13,14). The predicted octanol–water partition coefficient (Wildman–Crippen LogP) is 0.966. The van der Waals surface area contributed by atoms with E-state index in [0.717, 1.165) is 0 Å². The predicted molar refractivity (Wildman–Crippen MR) is 67.0 cm³/mol. The minimum Gasteiger partial charge on any atom is -0.392 e. The van der Waals surface area contributed by atoms with Crippen molar-refractivity contribution in [3.8, 4) is 0 Å². The van der Waals surface area contributed by atoms with E-state index in [4.69, 9.17) is 0 Å². The molecule has 0 saturated carbocycles. The molecule has 2 N–H and O–H groups in total. The highest BCUT2D eigenvalue weighted by molar-refractivity contribution is 5.98. The van der Waals surface area contributed by atoms with Gasteiger partial charge < -0.3 is 15.3 Å². The number of aliphatic hydroxyl groups excluding tert-OH is 1. The van der Waals surface area contributed by atoms with E-state index in [-0.39, 0.29) is 5.91 Å². The number of nitrogens with one attached hydrogen (secondary N) is 1. The summed E-state index contributed by atoms with van der Waals surface area (Å²) in [6, 6.07) is 3.45. The van der Waals surface area contributed by atoms with Crippen molar-refractivity contribution in [3.63, 3.8) is 0 Å². The zero-order chi connectivity index (χ0) is 12.8. The van der Waals surface area contributed by atoms with Gasteiger partial charge >= 0.3 is 0 Å². The van der Waals surface area contributed by atoms with Crippen molar-refractivity contribution < 1.29 is 9.90 Å². The van der Waals surface area contributed by atoms with Crippen LogP contribution in [0.3, 0.4) is 0 Å². The Labute approximate surface area is 101 Å². The Morgan fingerprint density at radius 2 is 2.35 bits per heavy atom. The van der Waals surface area contributed by atoms with Gasteiger partial charge in [-0.3, -0.25) is 4.79 Å². The van der Waals surface area contributed by atoms with E-state index in [2.05, 4.69) is 10.3 Å². The summed E-state index contributed by atoms with van der Waals surface area (Å²) < 4.78 is 0. The molecule has 1 heterocycles. The van der Waals surface area contributed by atoms with Crippen LogP contribution in [0.5, 0.6) is 0 Å². The molecular formula is C12H19N3O2. The normalized spacial score (nSPS) is 12.0. The summed E-state index contributed by atoms with van der Waals surface area (Å²) in [6.07, 6.45) is 1.10. The number of hydrogen-bond acceptors (Lipinski definition) is 4. The van der Waals surface area contributed by atoms with Crippen LogP contribution in [0, 0.1) is 0 Å². The number of aromatic nitrogens is 1.